The van der Waals surface area contributed by atoms with E-state index in [1.165, 1.54) is 11.1 Å². The molecule has 2 aromatic rings. The topological polar surface area (TPSA) is 54.2 Å². The SMILES string of the molecule is CCNC(=NCc1cnn(C)c1)NCc1cccc(C)c1.I. The Bertz CT molecular complexity index is 606. The Morgan fingerprint density at radius 2 is 2.09 bits per heavy atom. The number of nitrogens with one attached hydrogen (secondary N) is 2. The summed E-state index contributed by atoms with van der Waals surface area (Å²) in [7, 11) is 1.91. The molecule has 0 fully saturated rings. The summed E-state index contributed by atoms with van der Waals surface area (Å²) < 4.78 is 1.79. The van der Waals surface area contributed by atoms with Crippen molar-refractivity contribution in [1.29, 1.82) is 0 Å². The van der Waals surface area contributed by atoms with Gasteiger partial charge in [0.1, 0.15) is 0 Å². The average Bonchev–Trinajstić information content (AvgIpc) is 2.88. The molecule has 1 heterocycles. The van der Waals surface area contributed by atoms with Gasteiger partial charge in [0.25, 0.3) is 0 Å². The zero-order valence-electron chi connectivity index (χ0n) is 13.3. The number of halogens is 1. The van der Waals surface area contributed by atoms with Gasteiger partial charge in [-0.1, -0.05) is 29.8 Å². The van der Waals surface area contributed by atoms with Crippen molar-refractivity contribution < 1.29 is 0 Å². The molecule has 1 aromatic heterocycles. The van der Waals surface area contributed by atoms with Gasteiger partial charge in [-0.05, 0) is 19.4 Å². The summed E-state index contributed by atoms with van der Waals surface area (Å²) in [5.41, 5.74) is 3.62. The van der Waals surface area contributed by atoms with Crippen LogP contribution in [0.2, 0.25) is 0 Å². The minimum atomic E-state index is 0. The highest BCUT2D eigenvalue weighted by Crippen LogP contribution is 2.03. The van der Waals surface area contributed by atoms with Crippen LogP contribution in [0.25, 0.3) is 0 Å². The molecular weight excluding hydrogens is 389 g/mol. The summed E-state index contributed by atoms with van der Waals surface area (Å²) in [6.07, 6.45) is 3.82. The number of hydrogen-bond acceptors (Lipinski definition) is 2. The molecule has 6 heteroatoms. The van der Waals surface area contributed by atoms with E-state index in [9.17, 15) is 0 Å². The van der Waals surface area contributed by atoms with Crippen LogP contribution in [-0.4, -0.2) is 22.3 Å². The average molecular weight is 413 g/mol. The van der Waals surface area contributed by atoms with Gasteiger partial charge in [0.15, 0.2) is 5.96 Å². The summed E-state index contributed by atoms with van der Waals surface area (Å²) in [6.45, 7) is 6.39. The van der Waals surface area contributed by atoms with Gasteiger partial charge >= 0.3 is 0 Å². The molecule has 0 spiro atoms. The summed E-state index contributed by atoms with van der Waals surface area (Å²) in [5.74, 6) is 0.822. The minimum Gasteiger partial charge on any atom is -0.357 e. The quantitative estimate of drug-likeness (QED) is 0.450. The third-order valence-electron chi connectivity index (χ3n) is 3.06. The summed E-state index contributed by atoms with van der Waals surface area (Å²) in [4.78, 5) is 4.58. The largest absolute Gasteiger partial charge is 0.357 e. The van der Waals surface area contributed by atoms with Gasteiger partial charge in [-0.25, -0.2) is 4.99 Å². The standard InChI is InChI=1S/C16H23N5.HI/c1-4-17-16(19-10-15-11-20-21(3)12-15)18-9-14-7-5-6-13(2)8-14;/h5-8,11-12H,4,9-10H2,1-3H3,(H2,17,18,19);1H. The molecule has 0 bridgehead atoms. The van der Waals surface area contributed by atoms with E-state index in [0.717, 1.165) is 24.6 Å². The van der Waals surface area contributed by atoms with Crippen molar-refractivity contribution in [2.45, 2.75) is 26.9 Å². The molecule has 1 aromatic carbocycles. The monoisotopic (exact) mass is 413 g/mol. The molecule has 0 atom stereocenters. The number of aromatic nitrogens is 2. The van der Waals surface area contributed by atoms with Crippen molar-refractivity contribution in [2.24, 2.45) is 12.0 Å². The molecule has 0 saturated carbocycles. The second kappa shape index (κ2) is 9.45. The maximum atomic E-state index is 4.58. The predicted molar refractivity (Wildman–Crippen MR) is 101 cm³/mol. The lowest BCUT2D eigenvalue weighted by atomic mass is 10.1. The molecule has 0 radical (unpaired) electrons. The van der Waals surface area contributed by atoms with Crippen molar-refractivity contribution in [3.8, 4) is 0 Å². The van der Waals surface area contributed by atoms with Crippen LogP contribution < -0.4 is 10.6 Å². The van der Waals surface area contributed by atoms with Crippen LogP contribution in [0.5, 0.6) is 0 Å². The zero-order valence-corrected chi connectivity index (χ0v) is 15.7. The molecule has 2 N–H and O–H groups in total. The van der Waals surface area contributed by atoms with Crippen LogP contribution in [-0.2, 0) is 20.1 Å². The van der Waals surface area contributed by atoms with E-state index >= 15 is 0 Å². The second-order valence-corrected chi connectivity index (χ2v) is 5.06. The fraction of sp³-hybridized carbons (Fsp3) is 0.375. The Morgan fingerprint density at radius 1 is 1.27 bits per heavy atom. The number of benzene rings is 1. The molecular formula is C16H24IN5. The van der Waals surface area contributed by atoms with Crippen LogP contribution in [0.3, 0.4) is 0 Å². The third-order valence-corrected chi connectivity index (χ3v) is 3.06. The van der Waals surface area contributed by atoms with Crippen LogP contribution in [0.4, 0.5) is 0 Å². The zero-order chi connectivity index (χ0) is 15.1. The van der Waals surface area contributed by atoms with Gasteiger partial charge in [-0.15, -0.1) is 24.0 Å². The maximum Gasteiger partial charge on any atom is 0.191 e. The number of nitrogens with zero attached hydrogens (tertiary/aromatic N) is 3. The Hall–Kier alpha value is -1.57. The van der Waals surface area contributed by atoms with Crippen LogP contribution in [0.15, 0.2) is 41.7 Å². The Labute approximate surface area is 149 Å². The molecule has 0 amide bonds. The summed E-state index contributed by atoms with van der Waals surface area (Å²) in [6, 6.07) is 8.47. The smallest absolute Gasteiger partial charge is 0.191 e. The van der Waals surface area contributed by atoms with E-state index in [0.29, 0.717) is 6.54 Å². The highest BCUT2D eigenvalue weighted by atomic mass is 127. The molecule has 0 aliphatic carbocycles. The van der Waals surface area contributed by atoms with Gasteiger partial charge in [0.2, 0.25) is 0 Å². The number of hydrogen-bond donors (Lipinski definition) is 2. The van der Waals surface area contributed by atoms with E-state index < -0.39 is 0 Å². The highest BCUT2D eigenvalue weighted by Gasteiger charge is 2.00. The third kappa shape index (κ3) is 6.05. The lowest BCUT2D eigenvalue weighted by molar-refractivity contribution is 0.766. The van der Waals surface area contributed by atoms with Gasteiger partial charge < -0.3 is 10.6 Å². The van der Waals surface area contributed by atoms with E-state index in [1.807, 2.05) is 19.4 Å². The first-order valence-corrected chi connectivity index (χ1v) is 7.22. The highest BCUT2D eigenvalue weighted by molar-refractivity contribution is 14.0. The van der Waals surface area contributed by atoms with E-state index in [1.54, 1.807) is 4.68 Å². The molecule has 22 heavy (non-hydrogen) atoms. The first-order chi connectivity index (χ1) is 10.2. The van der Waals surface area contributed by atoms with Crippen LogP contribution in [0, 0.1) is 6.92 Å². The van der Waals surface area contributed by atoms with Gasteiger partial charge in [0.05, 0.1) is 12.7 Å². The molecule has 2 rings (SSSR count). The molecule has 0 aliphatic rings. The van der Waals surface area contributed by atoms with Crippen LogP contribution in [0.1, 0.15) is 23.6 Å². The first kappa shape index (κ1) is 18.5. The van der Waals surface area contributed by atoms with Gasteiger partial charge in [0, 0.05) is 31.9 Å². The number of rotatable bonds is 5. The minimum absolute atomic E-state index is 0. The molecule has 0 saturated heterocycles. The lowest BCUT2D eigenvalue weighted by Gasteiger charge is -2.11. The van der Waals surface area contributed by atoms with Crippen molar-refractivity contribution in [1.82, 2.24) is 20.4 Å². The molecule has 120 valence electrons. The van der Waals surface area contributed by atoms with Crippen molar-refractivity contribution in [3.05, 3.63) is 53.3 Å². The lowest BCUT2D eigenvalue weighted by Crippen LogP contribution is -2.36. The Kier molecular flexibility index (Phi) is 7.94. The molecule has 0 aliphatic heterocycles. The van der Waals surface area contributed by atoms with E-state index in [-0.39, 0.29) is 24.0 Å². The van der Waals surface area contributed by atoms with Crippen LogP contribution >= 0.6 is 24.0 Å². The first-order valence-electron chi connectivity index (χ1n) is 7.22. The van der Waals surface area contributed by atoms with E-state index in [2.05, 4.69) is 58.8 Å². The summed E-state index contributed by atoms with van der Waals surface area (Å²) in [5, 5.41) is 10.8. The van der Waals surface area contributed by atoms with Gasteiger partial charge in [-0.2, -0.15) is 5.10 Å². The van der Waals surface area contributed by atoms with Crippen molar-refractivity contribution in [3.63, 3.8) is 0 Å². The fourth-order valence-electron chi connectivity index (χ4n) is 2.07. The van der Waals surface area contributed by atoms with Crippen molar-refractivity contribution in [2.75, 3.05) is 6.54 Å². The molecule has 5 nitrogen and oxygen atoms in total. The fourth-order valence-corrected chi connectivity index (χ4v) is 2.07. The summed E-state index contributed by atoms with van der Waals surface area (Å²) >= 11 is 0. The van der Waals surface area contributed by atoms with Gasteiger partial charge in [-0.3, -0.25) is 4.68 Å². The predicted octanol–water partition coefficient (Wildman–Crippen LogP) is 2.60. The molecule has 0 unspecified atom stereocenters. The van der Waals surface area contributed by atoms with Crippen molar-refractivity contribution >= 4 is 29.9 Å². The van der Waals surface area contributed by atoms with E-state index in [4.69, 9.17) is 0 Å². The second-order valence-electron chi connectivity index (χ2n) is 5.06. The normalized spacial score (nSPS) is 11.0. The Balaban J connectivity index is 0.00000242. The Morgan fingerprint density at radius 3 is 2.73 bits per heavy atom. The number of guanidine groups is 1. The maximum absolute atomic E-state index is 4.58. The number of aryl methyl sites for hydroxylation is 2. The number of aliphatic imine (C=N–C) groups is 1.